The average Bonchev–Trinajstić information content (AvgIpc) is 3.11. The Labute approximate surface area is 151 Å². The van der Waals surface area contributed by atoms with Gasteiger partial charge in [-0.25, -0.2) is 21.9 Å². The van der Waals surface area contributed by atoms with Crippen LogP contribution in [0, 0.1) is 5.82 Å². The lowest BCUT2D eigenvalue weighted by Crippen LogP contribution is -2.34. The molecule has 144 valence electrons. The van der Waals surface area contributed by atoms with Crippen molar-refractivity contribution >= 4 is 21.9 Å². The first-order valence-electron chi connectivity index (χ1n) is 7.99. The molecule has 10 heteroatoms. The van der Waals surface area contributed by atoms with Crippen LogP contribution in [-0.2, 0) is 24.3 Å². The van der Waals surface area contributed by atoms with Gasteiger partial charge in [-0.2, -0.15) is 0 Å². The van der Waals surface area contributed by atoms with E-state index in [-0.39, 0.29) is 11.0 Å². The Balaban J connectivity index is 1.97. The number of hydrogen-bond acceptors (Lipinski definition) is 6. The van der Waals surface area contributed by atoms with E-state index in [0.29, 0.717) is 13.2 Å². The standard InChI is InChI=1S/C16H21FN2O6S/c1-19(2)26(22,23)12-5-6-14(17)13(8-12)16(21)25-10-15(20)18-9-11-4-3-7-24-11/h5-6,8,11H,3-4,7,9-10H2,1-2H3,(H,18,20)/t11-/m0/s1. The van der Waals surface area contributed by atoms with Gasteiger partial charge in [-0.1, -0.05) is 0 Å². The molecule has 1 aliphatic rings. The number of benzene rings is 1. The molecule has 0 aliphatic carbocycles. The SMILES string of the molecule is CN(C)S(=O)(=O)c1ccc(F)c(C(=O)OCC(=O)NC[C@@H]2CCCO2)c1. The molecule has 2 rings (SSSR count). The van der Waals surface area contributed by atoms with Crippen molar-refractivity contribution in [1.82, 2.24) is 9.62 Å². The summed E-state index contributed by atoms with van der Waals surface area (Å²) in [5, 5.41) is 2.56. The predicted octanol–water partition coefficient (Wildman–Crippen LogP) is 0.528. The minimum absolute atomic E-state index is 0.0555. The van der Waals surface area contributed by atoms with E-state index >= 15 is 0 Å². The van der Waals surface area contributed by atoms with Crippen LogP contribution in [-0.4, -0.2) is 64.6 Å². The summed E-state index contributed by atoms with van der Waals surface area (Å²) in [6, 6.07) is 2.80. The average molecular weight is 388 g/mol. The van der Waals surface area contributed by atoms with E-state index in [9.17, 15) is 22.4 Å². The molecule has 1 saturated heterocycles. The lowest BCUT2D eigenvalue weighted by atomic mass is 10.2. The third-order valence-corrected chi connectivity index (χ3v) is 5.63. The Morgan fingerprint density at radius 2 is 2.12 bits per heavy atom. The number of esters is 1. The molecule has 0 radical (unpaired) electrons. The highest BCUT2D eigenvalue weighted by molar-refractivity contribution is 7.89. The topological polar surface area (TPSA) is 102 Å². The van der Waals surface area contributed by atoms with E-state index in [0.717, 1.165) is 35.3 Å². The van der Waals surface area contributed by atoms with E-state index < -0.39 is 39.9 Å². The summed E-state index contributed by atoms with van der Waals surface area (Å²) in [5.41, 5.74) is -0.556. The smallest absolute Gasteiger partial charge is 0.341 e. The molecule has 1 heterocycles. The molecule has 0 bridgehead atoms. The minimum atomic E-state index is -3.83. The van der Waals surface area contributed by atoms with Crippen LogP contribution in [0.5, 0.6) is 0 Å². The second-order valence-corrected chi connectivity index (χ2v) is 8.10. The normalized spacial score (nSPS) is 17.3. The maximum absolute atomic E-state index is 13.9. The maximum atomic E-state index is 13.9. The van der Waals surface area contributed by atoms with Crippen molar-refractivity contribution in [3.05, 3.63) is 29.6 Å². The molecule has 0 saturated carbocycles. The molecule has 8 nitrogen and oxygen atoms in total. The van der Waals surface area contributed by atoms with Crippen molar-refractivity contribution in [3.8, 4) is 0 Å². The van der Waals surface area contributed by atoms with Gasteiger partial charge in [0.15, 0.2) is 6.61 Å². The molecule has 1 atom stereocenters. The number of hydrogen-bond donors (Lipinski definition) is 1. The van der Waals surface area contributed by atoms with Crippen molar-refractivity contribution in [2.24, 2.45) is 0 Å². The number of sulfonamides is 1. The second-order valence-electron chi connectivity index (χ2n) is 5.94. The Kier molecular flexibility index (Phi) is 6.68. The van der Waals surface area contributed by atoms with E-state index in [4.69, 9.17) is 9.47 Å². The minimum Gasteiger partial charge on any atom is -0.452 e. The molecular formula is C16H21FN2O6S. The van der Waals surface area contributed by atoms with Gasteiger partial charge in [0, 0.05) is 27.2 Å². The summed E-state index contributed by atoms with van der Waals surface area (Å²) >= 11 is 0. The Hall–Kier alpha value is -2.04. The summed E-state index contributed by atoms with van der Waals surface area (Å²) in [7, 11) is -1.20. The summed E-state index contributed by atoms with van der Waals surface area (Å²) in [6.07, 6.45) is 1.72. The Bertz CT molecular complexity index is 775. The monoisotopic (exact) mass is 388 g/mol. The highest BCUT2D eigenvalue weighted by atomic mass is 32.2. The second kappa shape index (κ2) is 8.56. The number of amides is 1. The molecule has 1 aliphatic heterocycles. The molecule has 0 unspecified atom stereocenters. The number of carbonyl (C=O) groups excluding carboxylic acids is 2. The first-order valence-corrected chi connectivity index (χ1v) is 9.43. The van der Waals surface area contributed by atoms with Crippen molar-refractivity contribution in [2.75, 3.05) is 33.9 Å². The molecule has 1 N–H and O–H groups in total. The van der Waals surface area contributed by atoms with Crippen LogP contribution in [0.2, 0.25) is 0 Å². The zero-order chi connectivity index (χ0) is 19.3. The summed E-state index contributed by atoms with van der Waals surface area (Å²) in [5.74, 6) is -2.61. The van der Waals surface area contributed by atoms with Gasteiger partial charge in [0.2, 0.25) is 10.0 Å². The molecule has 1 aromatic carbocycles. The van der Waals surface area contributed by atoms with Gasteiger partial charge in [-0.15, -0.1) is 0 Å². The largest absolute Gasteiger partial charge is 0.452 e. The number of nitrogens with one attached hydrogen (secondary N) is 1. The zero-order valence-electron chi connectivity index (χ0n) is 14.5. The number of ether oxygens (including phenoxy) is 2. The van der Waals surface area contributed by atoms with Crippen LogP contribution >= 0.6 is 0 Å². The first kappa shape index (κ1) is 20.3. The maximum Gasteiger partial charge on any atom is 0.341 e. The van der Waals surface area contributed by atoms with Gasteiger partial charge in [0.1, 0.15) is 5.82 Å². The molecule has 1 fully saturated rings. The van der Waals surface area contributed by atoms with Crippen LogP contribution in [0.25, 0.3) is 0 Å². The van der Waals surface area contributed by atoms with E-state index in [1.807, 2.05) is 0 Å². The van der Waals surface area contributed by atoms with Gasteiger partial charge >= 0.3 is 5.97 Å². The highest BCUT2D eigenvalue weighted by Crippen LogP contribution is 2.18. The van der Waals surface area contributed by atoms with E-state index in [1.54, 1.807) is 0 Å². The highest BCUT2D eigenvalue weighted by Gasteiger charge is 2.23. The molecule has 26 heavy (non-hydrogen) atoms. The van der Waals surface area contributed by atoms with Gasteiger partial charge in [0.05, 0.1) is 16.6 Å². The Morgan fingerprint density at radius 3 is 2.73 bits per heavy atom. The van der Waals surface area contributed by atoms with Crippen LogP contribution in [0.15, 0.2) is 23.1 Å². The predicted molar refractivity (Wildman–Crippen MR) is 89.5 cm³/mol. The number of halogens is 1. The lowest BCUT2D eigenvalue weighted by molar-refractivity contribution is -0.124. The summed E-state index contributed by atoms with van der Waals surface area (Å²) in [6.45, 7) is 0.359. The molecule has 0 spiro atoms. The van der Waals surface area contributed by atoms with Crippen molar-refractivity contribution in [3.63, 3.8) is 0 Å². The van der Waals surface area contributed by atoms with Crippen LogP contribution in [0.4, 0.5) is 4.39 Å². The first-order chi connectivity index (χ1) is 12.2. The van der Waals surface area contributed by atoms with Crippen LogP contribution in [0.3, 0.4) is 0 Å². The fourth-order valence-electron chi connectivity index (χ4n) is 2.32. The number of rotatable bonds is 7. The van der Waals surface area contributed by atoms with E-state index in [2.05, 4.69) is 5.32 Å². The zero-order valence-corrected chi connectivity index (χ0v) is 15.3. The van der Waals surface area contributed by atoms with Crippen molar-refractivity contribution in [1.29, 1.82) is 0 Å². The fourth-order valence-corrected chi connectivity index (χ4v) is 3.25. The quantitative estimate of drug-likeness (QED) is 0.684. The molecule has 0 aromatic heterocycles. The van der Waals surface area contributed by atoms with Crippen molar-refractivity contribution in [2.45, 2.75) is 23.8 Å². The molecular weight excluding hydrogens is 367 g/mol. The van der Waals surface area contributed by atoms with Crippen LogP contribution < -0.4 is 5.32 Å². The fraction of sp³-hybridized carbons (Fsp3) is 0.500. The Morgan fingerprint density at radius 1 is 1.38 bits per heavy atom. The van der Waals surface area contributed by atoms with E-state index in [1.165, 1.54) is 14.1 Å². The van der Waals surface area contributed by atoms with Crippen molar-refractivity contribution < 1.29 is 31.9 Å². The number of nitrogens with zero attached hydrogens (tertiary/aromatic N) is 1. The van der Waals surface area contributed by atoms with Gasteiger partial charge in [-0.3, -0.25) is 4.79 Å². The number of carbonyl (C=O) groups is 2. The van der Waals surface area contributed by atoms with Gasteiger partial charge < -0.3 is 14.8 Å². The third-order valence-electron chi connectivity index (χ3n) is 3.82. The molecule has 1 aromatic rings. The summed E-state index contributed by atoms with van der Waals surface area (Å²) < 4.78 is 49.1. The van der Waals surface area contributed by atoms with Gasteiger partial charge in [0.25, 0.3) is 5.91 Å². The summed E-state index contributed by atoms with van der Waals surface area (Å²) in [4.78, 5) is 23.4. The lowest BCUT2D eigenvalue weighted by Gasteiger charge is -2.13. The third kappa shape index (κ3) is 4.99. The van der Waals surface area contributed by atoms with Gasteiger partial charge in [-0.05, 0) is 31.0 Å². The van der Waals surface area contributed by atoms with Crippen LogP contribution in [0.1, 0.15) is 23.2 Å². The molecule has 1 amide bonds.